The number of carbonyl (C=O) groups excluding carboxylic acids is 3. The number of para-hydroxylation sites is 1. The molecule has 6 rings (SSSR count). The number of hydrogen-bond acceptors (Lipinski definition) is 6. The van der Waals surface area contributed by atoms with Gasteiger partial charge in [-0.15, -0.1) is 0 Å². The molecule has 230 valence electrons. The highest BCUT2D eigenvalue weighted by Gasteiger charge is 2.45. The van der Waals surface area contributed by atoms with Gasteiger partial charge in [0.1, 0.15) is 29.2 Å². The van der Waals surface area contributed by atoms with Crippen LogP contribution in [0.1, 0.15) is 55.7 Å². The van der Waals surface area contributed by atoms with Gasteiger partial charge in [0.15, 0.2) is 0 Å². The summed E-state index contributed by atoms with van der Waals surface area (Å²) in [6.45, 7) is 0. The Kier molecular flexibility index (Phi) is 7.97. The first-order valence-corrected chi connectivity index (χ1v) is 14.5. The maximum atomic E-state index is 15.6. The Hall–Kier alpha value is -5.25. The largest absolute Gasteiger partial charge is 0.351 e. The van der Waals surface area contributed by atoms with E-state index in [-0.39, 0.29) is 48.3 Å². The van der Waals surface area contributed by atoms with Crippen LogP contribution in [0, 0.1) is 17.1 Å². The Morgan fingerprint density at radius 3 is 2.62 bits per heavy atom. The molecule has 2 fully saturated rings. The Morgan fingerprint density at radius 1 is 1.09 bits per heavy atom. The van der Waals surface area contributed by atoms with Crippen molar-refractivity contribution in [1.29, 1.82) is 5.26 Å². The predicted molar refractivity (Wildman–Crippen MR) is 158 cm³/mol. The van der Waals surface area contributed by atoms with E-state index in [1.54, 1.807) is 18.2 Å². The number of hydrogen-bond donors (Lipinski definition) is 2. The lowest BCUT2D eigenvalue weighted by molar-refractivity contribution is -0.128. The van der Waals surface area contributed by atoms with E-state index in [1.807, 2.05) is 6.07 Å². The van der Waals surface area contributed by atoms with Gasteiger partial charge in [-0.1, -0.05) is 24.3 Å². The molecule has 0 radical (unpaired) electrons. The second-order valence-electron chi connectivity index (χ2n) is 11.2. The van der Waals surface area contributed by atoms with Crippen molar-refractivity contribution in [1.82, 2.24) is 20.3 Å². The molecule has 4 aromatic rings. The number of benzene rings is 2. The molecule has 2 N–H and O–H groups in total. The first kappa shape index (κ1) is 29.8. The third-order valence-corrected chi connectivity index (χ3v) is 8.31. The van der Waals surface area contributed by atoms with Crippen molar-refractivity contribution in [2.24, 2.45) is 0 Å². The van der Waals surface area contributed by atoms with Gasteiger partial charge in [-0.3, -0.25) is 24.2 Å². The van der Waals surface area contributed by atoms with E-state index >= 15 is 4.39 Å². The lowest BCUT2D eigenvalue weighted by Crippen LogP contribution is -2.53. The zero-order valence-electron chi connectivity index (χ0n) is 23.9. The van der Waals surface area contributed by atoms with Gasteiger partial charge >= 0.3 is 0 Å². The second kappa shape index (κ2) is 12.0. The summed E-state index contributed by atoms with van der Waals surface area (Å²) in [5.41, 5.74) is 1.13. The summed E-state index contributed by atoms with van der Waals surface area (Å²) in [5.74, 6) is -5.40. The highest BCUT2D eigenvalue weighted by Crippen LogP contribution is 2.38. The zero-order valence-corrected chi connectivity index (χ0v) is 23.9. The maximum Gasteiger partial charge on any atom is 0.251 e. The van der Waals surface area contributed by atoms with Crippen molar-refractivity contribution in [2.75, 3.05) is 9.80 Å². The van der Waals surface area contributed by atoms with Gasteiger partial charge in [0.2, 0.25) is 17.7 Å². The van der Waals surface area contributed by atoms with E-state index in [2.05, 4.69) is 20.3 Å². The predicted octanol–water partition coefficient (Wildman–Crippen LogP) is 4.93. The SMILES string of the molecule is N#Cc1ccnc(N2C(=O)CCC2C(=O)N(c2cccc3[nH]cnc23)C(C(=O)NC2CCC(F)(F)CC2)c2ccccc2F)c1. The summed E-state index contributed by atoms with van der Waals surface area (Å²) in [6, 6.07) is 11.9. The van der Waals surface area contributed by atoms with Crippen LogP contribution in [-0.4, -0.2) is 50.7 Å². The molecule has 10 nitrogen and oxygen atoms in total. The summed E-state index contributed by atoms with van der Waals surface area (Å²) in [5, 5.41) is 12.2. The number of fused-ring (bicyclic) bond motifs is 1. The Bertz CT molecular complexity index is 1810. The van der Waals surface area contributed by atoms with Gasteiger partial charge in [-0.05, 0) is 49.6 Å². The Labute approximate surface area is 255 Å². The average molecular weight is 616 g/mol. The van der Waals surface area contributed by atoms with Crippen molar-refractivity contribution in [3.8, 4) is 6.07 Å². The number of imidazole rings is 1. The van der Waals surface area contributed by atoms with Gasteiger partial charge in [-0.25, -0.2) is 23.1 Å². The van der Waals surface area contributed by atoms with Gasteiger partial charge < -0.3 is 10.3 Å². The highest BCUT2D eigenvalue weighted by atomic mass is 19.3. The van der Waals surface area contributed by atoms with Crippen LogP contribution >= 0.6 is 0 Å². The number of halogens is 3. The van der Waals surface area contributed by atoms with Crippen LogP contribution in [0.15, 0.2) is 67.1 Å². The van der Waals surface area contributed by atoms with Crippen LogP contribution in [0.3, 0.4) is 0 Å². The van der Waals surface area contributed by atoms with Gasteiger partial charge in [-0.2, -0.15) is 5.26 Å². The number of carbonyl (C=O) groups is 3. The second-order valence-corrected chi connectivity index (χ2v) is 11.2. The summed E-state index contributed by atoms with van der Waals surface area (Å²) in [7, 11) is 0. The molecular formula is C32H28F3N7O3. The minimum absolute atomic E-state index is 0.0113. The molecule has 1 aliphatic carbocycles. The third-order valence-electron chi connectivity index (χ3n) is 8.31. The quantitative estimate of drug-likeness (QED) is 0.303. The standard InChI is InChI=1S/C32H28F3N7O3/c33-22-5-2-1-4-21(22)29(30(44)40-20-10-13-32(34,35)14-11-20)42(24-7-3-6-23-28(24)39-18-38-23)31(45)25-8-9-27(43)41(25)26-16-19(17-36)12-15-37-26/h1-7,12,15-16,18,20,25,29H,8-11,13-14H2,(H,38,39)(H,40,44). The summed E-state index contributed by atoms with van der Waals surface area (Å²) in [4.78, 5) is 56.1. The van der Waals surface area contributed by atoms with E-state index in [0.29, 0.717) is 11.0 Å². The summed E-state index contributed by atoms with van der Waals surface area (Å²) >= 11 is 0. The minimum Gasteiger partial charge on any atom is -0.351 e. The van der Waals surface area contributed by atoms with Crippen LogP contribution in [0.4, 0.5) is 24.7 Å². The van der Waals surface area contributed by atoms with Crippen LogP contribution in [-0.2, 0) is 14.4 Å². The number of aromatic nitrogens is 3. The fourth-order valence-corrected chi connectivity index (χ4v) is 6.07. The van der Waals surface area contributed by atoms with Crippen LogP contribution in [0.25, 0.3) is 11.0 Å². The molecule has 45 heavy (non-hydrogen) atoms. The smallest absolute Gasteiger partial charge is 0.251 e. The summed E-state index contributed by atoms with van der Waals surface area (Å²) < 4.78 is 43.4. The molecule has 2 unspecified atom stereocenters. The van der Waals surface area contributed by atoms with E-state index in [9.17, 15) is 28.4 Å². The summed E-state index contributed by atoms with van der Waals surface area (Å²) in [6.07, 6.45) is 2.02. The normalized spacial score (nSPS) is 18.8. The van der Waals surface area contributed by atoms with E-state index in [0.717, 1.165) is 11.0 Å². The maximum absolute atomic E-state index is 15.6. The molecule has 2 aromatic heterocycles. The number of aromatic amines is 1. The molecule has 2 aromatic carbocycles. The van der Waals surface area contributed by atoms with Crippen molar-refractivity contribution in [3.63, 3.8) is 0 Å². The number of nitrogens with one attached hydrogen (secondary N) is 2. The molecule has 0 spiro atoms. The highest BCUT2D eigenvalue weighted by molar-refractivity contribution is 6.13. The number of pyridine rings is 1. The topological polar surface area (TPSA) is 135 Å². The van der Waals surface area contributed by atoms with Gasteiger partial charge in [0, 0.05) is 37.1 Å². The molecule has 13 heteroatoms. The Balaban J connectivity index is 1.48. The first-order valence-electron chi connectivity index (χ1n) is 14.5. The third kappa shape index (κ3) is 5.83. The lowest BCUT2D eigenvalue weighted by atomic mass is 9.91. The number of alkyl halides is 2. The fourth-order valence-electron chi connectivity index (χ4n) is 6.07. The number of amides is 3. The minimum atomic E-state index is -2.83. The van der Waals surface area contributed by atoms with Crippen molar-refractivity contribution >= 4 is 40.3 Å². The van der Waals surface area contributed by atoms with Gasteiger partial charge in [0.05, 0.1) is 29.2 Å². The average Bonchev–Trinajstić information content (AvgIpc) is 3.68. The number of nitriles is 1. The number of rotatable bonds is 7. The fraction of sp³-hybridized carbons (Fsp3) is 0.312. The van der Waals surface area contributed by atoms with Gasteiger partial charge in [0.25, 0.3) is 5.91 Å². The molecule has 2 aliphatic rings. The molecule has 1 aliphatic heterocycles. The number of nitrogens with zero attached hydrogens (tertiary/aromatic N) is 5. The van der Waals surface area contributed by atoms with Crippen molar-refractivity contribution < 1.29 is 27.6 Å². The molecule has 0 bridgehead atoms. The first-order chi connectivity index (χ1) is 21.7. The van der Waals surface area contributed by atoms with Crippen LogP contribution in [0.5, 0.6) is 0 Å². The molecule has 1 saturated carbocycles. The molecule has 3 heterocycles. The van der Waals surface area contributed by atoms with Crippen LogP contribution < -0.4 is 15.1 Å². The van der Waals surface area contributed by atoms with Crippen LogP contribution in [0.2, 0.25) is 0 Å². The number of anilines is 2. The zero-order chi connectivity index (χ0) is 31.7. The van der Waals surface area contributed by atoms with E-state index in [4.69, 9.17) is 0 Å². The molecular weight excluding hydrogens is 587 g/mol. The molecule has 2 atom stereocenters. The lowest BCUT2D eigenvalue weighted by Gasteiger charge is -2.37. The molecule has 3 amide bonds. The Morgan fingerprint density at radius 2 is 1.87 bits per heavy atom. The van der Waals surface area contributed by atoms with E-state index < -0.39 is 60.4 Å². The monoisotopic (exact) mass is 615 g/mol. The van der Waals surface area contributed by atoms with E-state index in [1.165, 1.54) is 47.8 Å². The molecule has 1 saturated heterocycles. The number of H-pyrrole nitrogens is 1. The van der Waals surface area contributed by atoms with Crippen molar-refractivity contribution in [3.05, 3.63) is 84.1 Å². The van der Waals surface area contributed by atoms with Crippen molar-refractivity contribution in [2.45, 2.75) is 62.6 Å².